The fourth-order valence-electron chi connectivity index (χ4n) is 2.30. The highest BCUT2D eigenvalue weighted by molar-refractivity contribution is 5.59. The maximum Gasteiger partial charge on any atom is 0.0496 e. The molecule has 1 unspecified atom stereocenters. The van der Waals surface area contributed by atoms with Crippen molar-refractivity contribution in [1.82, 2.24) is 5.43 Å². The number of nitrogens with zero attached hydrogens (tertiary/aromatic N) is 1. The maximum atomic E-state index is 4.07. The van der Waals surface area contributed by atoms with Crippen LogP contribution >= 0.6 is 0 Å². The highest BCUT2D eigenvalue weighted by Crippen LogP contribution is 2.30. The summed E-state index contributed by atoms with van der Waals surface area (Å²) >= 11 is 0. The van der Waals surface area contributed by atoms with E-state index in [0.29, 0.717) is 17.9 Å². The van der Waals surface area contributed by atoms with Gasteiger partial charge in [0.15, 0.2) is 0 Å². The Morgan fingerprint density at radius 3 is 3.07 bits per heavy atom. The highest BCUT2D eigenvalue weighted by atomic mass is 15.3. The largest absolute Gasteiger partial charge is 0.307 e. The van der Waals surface area contributed by atoms with Gasteiger partial charge in [0.1, 0.15) is 0 Å². The predicted octanol–water partition coefficient (Wildman–Crippen LogP) is 2.49. The molecule has 2 rings (SSSR count). The Bertz CT molecular complexity index is 281. The second-order valence-electron chi connectivity index (χ2n) is 4.37. The zero-order chi connectivity index (χ0) is 9.97. The van der Waals surface area contributed by atoms with Gasteiger partial charge in [0.25, 0.3) is 0 Å². The van der Waals surface area contributed by atoms with Crippen molar-refractivity contribution in [2.24, 2.45) is 16.9 Å². The first kappa shape index (κ1) is 9.50. The molecule has 0 amide bonds. The molecule has 0 fully saturated rings. The average molecular weight is 190 g/mol. The maximum absolute atomic E-state index is 4.07. The molecule has 2 nitrogen and oxygen atoms in total. The van der Waals surface area contributed by atoms with E-state index < -0.39 is 0 Å². The van der Waals surface area contributed by atoms with Gasteiger partial charge in [-0.25, -0.2) is 0 Å². The summed E-state index contributed by atoms with van der Waals surface area (Å²) in [5.74, 6) is 1.36. The molecule has 1 heterocycles. The molecule has 14 heavy (non-hydrogen) atoms. The van der Waals surface area contributed by atoms with Crippen LogP contribution in [0.4, 0.5) is 0 Å². The number of allylic oxidation sites excluding steroid dienone is 4. The number of nitrogens with one attached hydrogen (secondary N) is 1. The van der Waals surface area contributed by atoms with E-state index in [4.69, 9.17) is 0 Å². The minimum atomic E-state index is 0.553. The fourth-order valence-corrected chi connectivity index (χ4v) is 2.30. The van der Waals surface area contributed by atoms with Gasteiger partial charge in [-0.2, -0.15) is 5.10 Å². The monoisotopic (exact) mass is 190 g/mol. The van der Waals surface area contributed by atoms with E-state index in [0.717, 1.165) is 6.42 Å². The fraction of sp³-hybridized carbons (Fsp3) is 0.583. The third-order valence-electron chi connectivity index (χ3n) is 3.27. The lowest BCUT2D eigenvalue weighted by atomic mass is 9.80. The Labute approximate surface area is 85.8 Å². The molecular weight excluding hydrogens is 172 g/mol. The van der Waals surface area contributed by atoms with E-state index in [9.17, 15) is 0 Å². The molecule has 0 saturated heterocycles. The molecule has 0 aromatic heterocycles. The predicted molar refractivity (Wildman–Crippen MR) is 60.2 cm³/mol. The lowest BCUT2D eigenvalue weighted by Crippen LogP contribution is -2.26. The molecule has 1 aliphatic carbocycles. The number of rotatable bonds is 2. The van der Waals surface area contributed by atoms with E-state index >= 15 is 0 Å². The Hall–Kier alpha value is -1.05. The third-order valence-corrected chi connectivity index (χ3v) is 3.27. The Morgan fingerprint density at radius 1 is 1.57 bits per heavy atom. The van der Waals surface area contributed by atoms with Gasteiger partial charge in [-0.05, 0) is 25.2 Å². The van der Waals surface area contributed by atoms with E-state index in [1.165, 1.54) is 12.0 Å². The Kier molecular flexibility index (Phi) is 2.71. The smallest absolute Gasteiger partial charge is 0.0496 e. The summed E-state index contributed by atoms with van der Waals surface area (Å²) in [5.41, 5.74) is 4.67. The minimum absolute atomic E-state index is 0.553. The molecule has 0 aromatic rings. The van der Waals surface area contributed by atoms with Gasteiger partial charge in [0.2, 0.25) is 0 Å². The molecule has 3 atom stereocenters. The van der Waals surface area contributed by atoms with E-state index in [-0.39, 0.29) is 0 Å². The Morgan fingerprint density at radius 2 is 2.43 bits per heavy atom. The van der Waals surface area contributed by atoms with Gasteiger partial charge >= 0.3 is 0 Å². The highest BCUT2D eigenvalue weighted by Gasteiger charge is 2.23. The van der Waals surface area contributed by atoms with Gasteiger partial charge in [-0.3, -0.25) is 0 Å². The van der Waals surface area contributed by atoms with Crippen LogP contribution in [0.15, 0.2) is 28.9 Å². The quantitative estimate of drug-likeness (QED) is 0.710. The van der Waals surface area contributed by atoms with Crippen LogP contribution in [0, 0.1) is 11.8 Å². The molecule has 2 heteroatoms. The number of hydrazone groups is 1. The SMILES string of the molecule is CC1=CC=C[C@H](C)C1C[C@@H]1CC=NN1. The first-order valence-electron chi connectivity index (χ1n) is 5.39. The second-order valence-corrected chi connectivity index (χ2v) is 4.37. The standard InChI is InChI=1S/C12H18N2/c1-9-4-3-5-10(2)12(9)8-11-6-7-13-14-11/h3-5,7,9,11-12,14H,6,8H2,1-2H3/t9-,11-,12?/m0/s1. The van der Waals surface area contributed by atoms with Crippen LogP contribution in [0.3, 0.4) is 0 Å². The van der Waals surface area contributed by atoms with Crippen molar-refractivity contribution < 1.29 is 0 Å². The van der Waals surface area contributed by atoms with Crippen LogP contribution in [0.25, 0.3) is 0 Å². The number of hydrogen-bond donors (Lipinski definition) is 1. The molecule has 1 aliphatic heterocycles. The molecule has 76 valence electrons. The summed E-state index contributed by atoms with van der Waals surface area (Å²) in [6.45, 7) is 4.54. The first-order valence-corrected chi connectivity index (χ1v) is 5.39. The van der Waals surface area contributed by atoms with Crippen molar-refractivity contribution in [3.63, 3.8) is 0 Å². The summed E-state index contributed by atoms with van der Waals surface area (Å²) in [6, 6.07) is 0.553. The molecule has 0 saturated carbocycles. The van der Waals surface area contributed by atoms with Gasteiger partial charge in [0.05, 0.1) is 0 Å². The van der Waals surface area contributed by atoms with Crippen LogP contribution in [-0.4, -0.2) is 12.3 Å². The zero-order valence-corrected chi connectivity index (χ0v) is 8.90. The van der Waals surface area contributed by atoms with Gasteiger partial charge < -0.3 is 5.43 Å². The minimum Gasteiger partial charge on any atom is -0.307 e. The van der Waals surface area contributed by atoms with Gasteiger partial charge in [0, 0.05) is 18.7 Å². The summed E-state index contributed by atoms with van der Waals surface area (Å²) in [4.78, 5) is 0. The third kappa shape index (κ3) is 1.89. The molecule has 0 aromatic carbocycles. The van der Waals surface area contributed by atoms with Crippen LogP contribution < -0.4 is 5.43 Å². The van der Waals surface area contributed by atoms with Gasteiger partial charge in [-0.15, -0.1) is 0 Å². The molecule has 0 spiro atoms. The molecule has 0 radical (unpaired) electrons. The molecular formula is C12H18N2. The molecule has 1 N–H and O–H groups in total. The van der Waals surface area contributed by atoms with Crippen LogP contribution in [-0.2, 0) is 0 Å². The van der Waals surface area contributed by atoms with Crippen molar-refractivity contribution >= 4 is 6.21 Å². The number of hydrogen-bond acceptors (Lipinski definition) is 2. The van der Waals surface area contributed by atoms with E-state index in [1.807, 2.05) is 6.21 Å². The normalized spacial score (nSPS) is 35.6. The average Bonchev–Trinajstić information content (AvgIpc) is 2.64. The molecule has 0 bridgehead atoms. The van der Waals surface area contributed by atoms with Crippen LogP contribution in [0.5, 0.6) is 0 Å². The lowest BCUT2D eigenvalue weighted by Gasteiger charge is -2.27. The lowest BCUT2D eigenvalue weighted by molar-refractivity contribution is 0.384. The van der Waals surface area contributed by atoms with E-state index in [2.05, 4.69) is 42.6 Å². The Balaban J connectivity index is 1.96. The summed E-state index contributed by atoms with van der Waals surface area (Å²) in [5, 5.41) is 4.07. The van der Waals surface area contributed by atoms with Gasteiger partial charge in [-0.1, -0.05) is 30.7 Å². The second kappa shape index (κ2) is 3.99. The van der Waals surface area contributed by atoms with Crippen LogP contribution in [0.1, 0.15) is 26.7 Å². The summed E-state index contributed by atoms with van der Waals surface area (Å²) in [7, 11) is 0. The van der Waals surface area contributed by atoms with Crippen molar-refractivity contribution in [3.8, 4) is 0 Å². The zero-order valence-electron chi connectivity index (χ0n) is 8.90. The van der Waals surface area contributed by atoms with Crippen LogP contribution in [0.2, 0.25) is 0 Å². The summed E-state index contributed by atoms with van der Waals surface area (Å²) < 4.78 is 0. The van der Waals surface area contributed by atoms with E-state index in [1.54, 1.807) is 0 Å². The topological polar surface area (TPSA) is 24.4 Å². The van der Waals surface area contributed by atoms with Crippen molar-refractivity contribution in [3.05, 3.63) is 23.8 Å². The summed E-state index contributed by atoms with van der Waals surface area (Å²) in [6.07, 6.45) is 11.0. The van der Waals surface area contributed by atoms with Crippen molar-refractivity contribution in [2.45, 2.75) is 32.7 Å². The van der Waals surface area contributed by atoms with Crippen molar-refractivity contribution in [1.29, 1.82) is 0 Å². The van der Waals surface area contributed by atoms with Crippen molar-refractivity contribution in [2.75, 3.05) is 0 Å². The first-order chi connectivity index (χ1) is 6.77. The molecule has 2 aliphatic rings.